The van der Waals surface area contributed by atoms with E-state index in [0.717, 1.165) is 0 Å². The molecule has 0 amide bonds. The average Bonchev–Trinajstić information content (AvgIpc) is 3.69. The van der Waals surface area contributed by atoms with Crippen LogP contribution in [0.4, 0.5) is 0 Å². The van der Waals surface area contributed by atoms with E-state index in [1.807, 2.05) is 22.7 Å². The minimum Gasteiger partial charge on any atom is -0.135 e. The zero-order valence-corrected chi connectivity index (χ0v) is 28.7. The summed E-state index contributed by atoms with van der Waals surface area (Å²) in [6.45, 7) is 7.09. The molecule has 0 saturated heterocycles. The standard InChI is InChI=1S/C46H32S2/c1-46(2,3)36-26-28-25-35(41-31-19-9-7-17-29(31)39(27-15-5-4-6-16-27)30-18-8-10-20-32(30)41)44-42(33-21-11-13-23-37(33)47-44)40(28)43-34-22-12-14-24-38(34)48-45(36)43/h4-26H,1-3H3. The normalized spacial score (nSPS) is 12.5. The molecule has 48 heavy (non-hydrogen) atoms. The molecule has 0 bridgehead atoms. The zero-order chi connectivity index (χ0) is 32.1. The van der Waals surface area contributed by atoms with Crippen molar-refractivity contribution in [2.24, 2.45) is 0 Å². The second-order valence-corrected chi connectivity index (χ2v) is 16.1. The Labute approximate surface area is 287 Å². The quantitative estimate of drug-likeness (QED) is 0.164. The van der Waals surface area contributed by atoms with Crippen LogP contribution in [0.3, 0.4) is 0 Å². The highest BCUT2D eigenvalue weighted by Crippen LogP contribution is 2.53. The van der Waals surface area contributed by atoms with E-state index in [9.17, 15) is 0 Å². The predicted octanol–water partition coefficient (Wildman–Crippen LogP) is 14.5. The maximum Gasteiger partial charge on any atom is 0.0440 e. The summed E-state index contributed by atoms with van der Waals surface area (Å²) in [5.74, 6) is 0. The molecule has 2 heterocycles. The monoisotopic (exact) mass is 648 g/mol. The zero-order valence-electron chi connectivity index (χ0n) is 27.1. The van der Waals surface area contributed by atoms with Crippen molar-refractivity contribution in [2.75, 3.05) is 0 Å². The van der Waals surface area contributed by atoms with Gasteiger partial charge in [0.25, 0.3) is 0 Å². The van der Waals surface area contributed by atoms with Gasteiger partial charge in [0.15, 0.2) is 0 Å². The van der Waals surface area contributed by atoms with Crippen molar-refractivity contribution in [3.8, 4) is 22.3 Å². The summed E-state index contributed by atoms with van der Waals surface area (Å²) in [6, 6.07) is 52.1. The van der Waals surface area contributed by atoms with Crippen molar-refractivity contribution in [3.63, 3.8) is 0 Å². The lowest BCUT2D eigenvalue weighted by molar-refractivity contribution is 0.597. The number of benzene rings is 8. The highest BCUT2D eigenvalue weighted by molar-refractivity contribution is 7.27. The van der Waals surface area contributed by atoms with Crippen LogP contribution in [0.1, 0.15) is 26.3 Å². The van der Waals surface area contributed by atoms with Crippen molar-refractivity contribution in [1.29, 1.82) is 0 Å². The topological polar surface area (TPSA) is 0 Å². The van der Waals surface area contributed by atoms with Gasteiger partial charge in [-0.3, -0.25) is 0 Å². The maximum atomic E-state index is 2.53. The Hall–Kier alpha value is -5.02. The lowest BCUT2D eigenvalue weighted by atomic mass is 9.82. The molecule has 228 valence electrons. The van der Waals surface area contributed by atoms with Crippen molar-refractivity contribution in [2.45, 2.75) is 26.2 Å². The molecule has 0 saturated carbocycles. The van der Waals surface area contributed by atoms with Gasteiger partial charge in [-0.05, 0) is 78.9 Å². The second kappa shape index (κ2) is 10.2. The SMILES string of the molecule is CC(C)(C)c1cc2cc(-c3c4ccccc4c(-c4ccccc4)c4ccccc34)c3sc4ccccc4c3c2c2c1sc1ccccc12. The van der Waals surface area contributed by atoms with E-state index in [1.54, 1.807) is 0 Å². The Morgan fingerprint density at radius 3 is 1.44 bits per heavy atom. The van der Waals surface area contributed by atoms with Crippen LogP contribution >= 0.6 is 22.7 Å². The molecule has 0 aliphatic carbocycles. The fourth-order valence-electron chi connectivity index (χ4n) is 8.09. The lowest BCUT2D eigenvalue weighted by Crippen LogP contribution is -2.11. The van der Waals surface area contributed by atoms with Crippen molar-refractivity contribution in [1.82, 2.24) is 0 Å². The van der Waals surface area contributed by atoms with Crippen LogP contribution in [0.25, 0.3) is 94.9 Å². The number of fused-ring (bicyclic) bond motifs is 11. The van der Waals surface area contributed by atoms with E-state index in [2.05, 4.69) is 160 Å². The van der Waals surface area contributed by atoms with Crippen LogP contribution in [0.15, 0.2) is 140 Å². The first-order valence-electron chi connectivity index (χ1n) is 16.7. The molecule has 0 radical (unpaired) electrons. The Bertz CT molecular complexity index is 2860. The van der Waals surface area contributed by atoms with Crippen LogP contribution in [0.2, 0.25) is 0 Å². The van der Waals surface area contributed by atoms with E-state index in [0.29, 0.717) is 0 Å². The number of hydrogen-bond donors (Lipinski definition) is 0. The summed E-state index contributed by atoms with van der Waals surface area (Å²) in [5, 5.41) is 13.4. The Kier molecular flexibility index (Phi) is 5.98. The highest BCUT2D eigenvalue weighted by atomic mass is 32.1. The fourth-order valence-corrected chi connectivity index (χ4v) is 10.8. The molecule has 0 atom stereocenters. The highest BCUT2D eigenvalue weighted by Gasteiger charge is 2.26. The molecule has 10 aromatic rings. The Morgan fingerprint density at radius 2 is 0.875 bits per heavy atom. The molecule has 0 aliphatic rings. The van der Waals surface area contributed by atoms with E-state index in [1.165, 1.54) is 100 Å². The summed E-state index contributed by atoms with van der Waals surface area (Å²) in [5.41, 5.74) is 6.63. The fraction of sp³-hybridized carbons (Fsp3) is 0.0870. The van der Waals surface area contributed by atoms with Gasteiger partial charge in [0.1, 0.15) is 0 Å². The first-order valence-corrected chi connectivity index (χ1v) is 18.3. The van der Waals surface area contributed by atoms with Gasteiger partial charge in [0, 0.05) is 51.3 Å². The molecule has 2 heteroatoms. The molecule has 0 spiro atoms. The molecule has 2 aromatic heterocycles. The minimum atomic E-state index is -0.00409. The molecule has 8 aromatic carbocycles. The van der Waals surface area contributed by atoms with E-state index in [4.69, 9.17) is 0 Å². The summed E-state index contributed by atoms with van der Waals surface area (Å²) < 4.78 is 5.48. The molecular formula is C46H32S2. The van der Waals surface area contributed by atoms with Gasteiger partial charge in [-0.25, -0.2) is 0 Å². The van der Waals surface area contributed by atoms with E-state index in [-0.39, 0.29) is 5.41 Å². The van der Waals surface area contributed by atoms with Gasteiger partial charge in [-0.15, -0.1) is 22.7 Å². The molecular weight excluding hydrogens is 617 g/mol. The Balaban J connectivity index is 1.47. The third-order valence-electron chi connectivity index (χ3n) is 10.1. The third-order valence-corrected chi connectivity index (χ3v) is 12.5. The summed E-state index contributed by atoms with van der Waals surface area (Å²) in [7, 11) is 0. The number of hydrogen-bond acceptors (Lipinski definition) is 2. The molecule has 0 fully saturated rings. The predicted molar refractivity (Wildman–Crippen MR) is 214 cm³/mol. The van der Waals surface area contributed by atoms with Crippen LogP contribution in [-0.2, 0) is 5.41 Å². The van der Waals surface area contributed by atoms with Crippen LogP contribution in [0.5, 0.6) is 0 Å². The molecule has 10 rings (SSSR count). The second-order valence-electron chi connectivity index (χ2n) is 14.0. The average molecular weight is 649 g/mol. The first kappa shape index (κ1) is 28.0. The van der Waals surface area contributed by atoms with E-state index < -0.39 is 0 Å². The minimum absolute atomic E-state index is 0.00409. The molecule has 0 nitrogen and oxygen atoms in total. The van der Waals surface area contributed by atoms with Gasteiger partial charge in [0.05, 0.1) is 0 Å². The van der Waals surface area contributed by atoms with Crippen molar-refractivity contribution in [3.05, 3.63) is 145 Å². The van der Waals surface area contributed by atoms with Gasteiger partial charge in [-0.2, -0.15) is 0 Å². The van der Waals surface area contributed by atoms with Gasteiger partial charge in [0.2, 0.25) is 0 Å². The Morgan fingerprint density at radius 1 is 0.417 bits per heavy atom. The first-order chi connectivity index (χ1) is 23.5. The third kappa shape index (κ3) is 3.94. The molecule has 0 N–H and O–H groups in total. The number of rotatable bonds is 2. The summed E-state index contributed by atoms with van der Waals surface area (Å²) in [6.07, 6.45) is 0. The molecule has 0 unspecified atom stereocenters. The smallest absolute Gasteiger partial charge is 0.0440 e. The lowest BCUT2D eigenvalue weighted by Gasteiger charge is -2.22. The maximum absolute atomic E-state index is 2.53. The van der Waals surface area contributed by atoms with Gasteiger partial charge >= 0.3 is 0 Å². The van der Waals surface area contributed by atoms with E-state index >= 15 is 0 Å². The van der Waals surface area contributed by atoms with Gasteiger partial charge in [-0.1, -0.05) is 136 Å². The van der Waals surface area contributed by atoms with Crippen molar-refractivity contribution < 1.29 is 0 Å². The largest absolute Gasteiger partial charge is 0.135 e. The molecule has 0 aliphatic heterocycles. The van der Waals surface area contributed by atoms with Crippen LogP contribution in [-0.4, -0.2) is 0 Å². The number of thiophene rings is 2. The van der Waals surface area contributed by atoms with Gasteiger partial charge < -0.3 is 0 Å². The van der Waals surface area contributed by atoms with Crippen molar-refractivity contribution >= 4 is 95.3 Å². The summed E-state index contributed by atoms with van der Waals surface area (Å²) >= 11 is 3.90. The van der Waals surface area contributed by atoms with Crippen LogP contribution in [0, 0.1) is 0 Å². The van der Waals surface area contributed by atoms with Crippen LogP contribution < -0.4 is 0 Å². The summed E-state index contributed by atoms with van der Waals surface area (Å²) in [4.78, 5) is 0.